The predicted molar refractivity (Wildman–Crippen MR) is 50.6 cm³/mol. The summed E-state index contributed by atoms with van der Waals surface area (Å²) in [7, 11) is 0. The Labute approximate surface area is 70.7 Å². The molecule has 1 aliphatic rings. The van der Waals surface area contributed by atoms with Crippen LogP contribution < -0.4 is 0 Å². The normalized spacial score (nSPS) is 17.7. The quantitative estimate of drug-likeness (QED) is 0.413. The van der Waals surface area contributed by atoms with Gasteiger partial charge in [0, 0.05) is 5.92 Å². The Bertz CT molecular complexity index is 141. The van der Waals surface area contributed by atoms with Crippen LogP contribution in [-0.4, -0.2) is 0 Å². The van der Waals surface area contributed by atoms with E-state index in [0.29, 0.717) is 0 Å². The van der Waals surface area contributed by atoms with E-state index in [0.717, 1.165) is 5.92 Å². The van der Waals surface area contributed by atoms with Gasteiger partial charge in [-0.15, -0.1) is 0 Å². The highest BCUT2D eigenvalue weighted by atomic mass is 14.3. The molecule has 0 spiro atoms. The monoisotopic (exact) mass is 152 g/mol. The Morgan fingerprint density at radius 1 is 1.00 bits per heavy atom. The third-order valence-corrected chi connectivity index (χ3v) is 2.93. The zero-order chi connectivity index (χ0) is 8.27. The molecule has 0 heterocycles. The van der Waals surface area contributed by atoms with Crippen LogP contribution in [0.3, 0.4) is 0 Å². The Hall–Kier alpha value is -0.260. The van der Waals surface area contributed by atoms with Crippen molar-refractivity contribution in [2.75, 3.05) is 0 Å². The summed E-state index contributed by atoms with van der Waals surface area (Å²) in [5.41, 5.74) is 3.34. The molecule has 0 saturated carbocycles. The maximum Gasteiger partial charge on any atom is 0.000698 e. The summed E-state index contributed by atoms with van der Waals surface area (Å²) >= 11 is 0. The van der Waals surface area contributed by atoms with Gasteiger partial charge in [-0.1, -0.05) is 43.8 Å². The van der Waals surface area contributed by atoms with Crippen LogP contribution in [0, 0.1) is 5.92 Å². The standard InChI is InChI=1S/C11H20/c1-4-5-6-7-8-11-9(2)10(11)3/h11H,4-8H2,1-3H3. The molecule has 0 aromatic carbocycles. The zero-order valence-electron chi connectivity index (χ0n) is 8.11. The van der Waals surface area contributed by atoms with Crippen LogP contribution in [0.1, 0.15) is 52.9 Å². The lowest BCUT2D eigenvalue weighted by Gasteiger charge is -1.98. The third kappa shape index (κ3) is 2.36. The van der Waals surface area contributed by atoms with Gasteiger partial charge in [-0.2, -0.15) is 0 Å². The lowest BCUT2D eigenvalue weighted by atomic mass is 10.1. The van der Waals surface area contributed by atoms with E-state index < -0.39 is 0 Å². The minimum Gasteiger partial charge on any atom is -0.0666 e. The third-order valence-electron chi connectivity index (χ3n) is 2.93. The van der Waals surface area contributed by atoms with Crippen LogP contribution in [0.4, 0.5) is 0 Å². The topological polar surface area (TPSA) is 0 Å². The van der Waals surface area contributed by atoms with Gasteiger partial charge in [0.2, 0.25) is 0 Å². The average Bonchev–Trinajstić information content (AvgIpc) is 2.55. The molecule has 0 fully saturated rings. The van der Waals surface area contributed by atoms with Gasteiger partial charge >= 0.3 is 0 Å². The summed E-state index contributed by atoms with van der Waals surface area (Å²) in [6.07, 6.45) is 7.08. The van der Waals surface area contributed by atoms with E-state index in [-0.39, 0.29) is 0 Å². The van der Waals surface area contributed by atoms with Crippen LogP contribution >= 0.6 is 0 Å². The maximum absolute atomic E-state index is 2.28. The van der Waals surface area contributed by atoms with Crippen molar-refractivity contribution < 1.29 is 0 Å². The molecule has 0 aliphatic heterocycles. The Kier molecular flexibility index (Phi) is 3.16. The molecule has 0 radical (unpaired) electrons. The number of rotatable bonds is 5. The summed E-state index contributed by atoms with van der Waals surface area (Å²) in [5.74, 6) is 0.923. The molecule has 0 amide bonds. The van der Waals surface area contributed by atoms with Crippen molar-refractivity contribution in [1.29, 1.82) is 0 Å². The molecule has 11 heavy (non-hydrogen) atoms. The van der Waals surface area contributed by atoms with Crippen molar-refractivity contribution >= 4 is 0 Å². The molecule has 1 aliphatic carbocycles. The molecule has 0 aromatic rings. The van der Waals surface area contributed by atoms with Gasteiger partial charge in [-0.3, -0.25) is 0 Å². The first kappa shape index (κ1) is 8.83. The first-order valence-corrected chi connectivity index (χ1v) is 4.94. The van der Waals surface area contributed by atoms with Crippen LogP contribution in [0.5, 0.6) is 0 Å². The van der Waals surface area contributed by atoms with E-state index >= 15 is 0 Å². The first-order valence-electron chi connectivity index (χ1n) is 4.94. The van der Waals surface area contributed by atoms with Gasteiger partial charge in [0.05, 0.1) is 0 Å². The largest absolute Gasteiger partial charge is 0.0666 e. The highest BCUT2D eigenvalue weighted by Crippen LogP contribution is 2.41. The fraction of sp³-hybridized carbons (Fsp3) is 0.818. The van der Waals surface area contributed by atoms with Gasteiger partial charge < -0.3 is 0 Å². The molecule has 0 atom stereocenters. The van der Waals surface area contributed by atoms with E-state index in [1.54, 1.807) is 11.1 Å². The highest BCUT2D eigenvalue weighted by molar-refractivity contribution is 5.36. The second-order valence-electron chi connectivity index (χ2n) is 3.77. The number of hydrogen-bond donors (Lipinski definition) is 0. The fourth-order valence-electron chi connectivity index (χ4n) is 1.76. The van der Waals surface area contributed by atoms with Gasteiger partial charge in [-0.05, 0) is 20.3 Å². The highest BCUT2D eigenvalue weighted by Gasteiger charge is 2.27. The molecule has 0 heteroatoms. The summed E-state index contributed by atoms with van der Waals surface area (Å²) in [5, 5.41) is 0. The molecule has 0 N–H and O–H groups in total. The van der Waals surface area contributed by atoms with Crippen molar-refractivity contribution in [2.24, 2.45) is 5.92 Å². The van der Waals surface area contributed by atoms with Gasteiger partial charge in [-0.25, -0.2) is 0 Å². The van der Waals surface area contributed by atoms with Crippen LogP contribution in [-0.2, 0) is 0 Å². The number of allylic oxidation sites excluding steroid dienone is 2. The average molecular weight is 152 g/mol. The van der Waals surface area contributed by atoms with Crippen molar-refractivity contribution in [3.63, 3.8) is 0 Å². The predicted octanol–water partition coefficient (Wildman–Crippen LogP) is 3.92. The molecule has 1 rings (SSSR count). The Balaban J connectivity index is 1.91. The zero-order valence-corrected chi connectivity index (χ0v) is 8.11. The Morgan fingerprint density at radius 2 is 1.64 bits per heavy atom. The van der Waals surface area contributed by atoms with Crippen LogP contribution in [0.25, 0.3) is 0 Å². The molecule has 0 unspecified atom stereocenters. The summed E-state index contributed by atoms with van der Waals surface area (Å²) in [6, 6.07) is 0. The second kappa shape index (κ2) is 3.94. The fourth-order valence-corrected chi connectivity index (χ4v) is 1.76. The number of hydrogen-bond acceptors (Lipinski definition) is 0. The molecular weight excluding hydrogens is 132 g/mol. The molecule has 0 bridgehead atoms. The first-order chi connectivity index (χ1) is 5.27. The van der Waals surface area contributed by atoms with Crippen molar-refractivity contribution in [3.8, 4) is 0 Å². The minimum absolute atomic E-state index is 0.923. The van der Waals surface area contributed by atoms with Gasteiger partial charge in [0.25, 0.3) is 0 Å². The SMILES string of the molecule is CCCCCCC1C(C)=C1C. The lowest BCUT2D eigenvalue weighted by molar-refractivity contribution is 0.603. The Morgan fingerprint density at radius 3 is 2.09 bits per heavy atom. The van der Waals surface area contributed by atoms with Crippen molar-refractivity contribution in [3.05, 3.63) is 11.1 Å². The van der Waals surface area contributed by atoms with E-state index in [4.69, 9.17) is 0 Å². The summed E-state index contributed by atoms with van der Waals surface area (Å²) < 4.78 is 0. The minimum atomic E-state index is 0.923. The van der Waals surface area contributed by atoms with Crippen LogP contribution in [0.15, 0.2) is 11.1 Å². The van der Waals surface area contributed by atoms with E-state index in [9.17, 15) is 0 Å². The van der Waals surface area contributed by atoms with E-state index in [1.807, 2.05) is 0 Å². The number of unbranched alkanes of at least 4 members (excludes halogenated alkanes) is 3. The summed E-state index contributed by atoms with van der Waals surface area (Å²) in [4.78, 5) is 0. The molecule has 0 saturated heterocycles. The summed E-state index contributed by atoms with van der Waals surface area (Å²) in [6.45, 7) is 6.82. The van der Waals surface area contributed by atoms with E-state index in [1.165, 1.54) is 32.1 Å². The van der Waals surface area contributed by atoms with Crippen molar-refractivity contribution in [1.82, 2.24) is 0 Å². The van der Waals surface area contributed by atoms with E-state index in [2.05, 4.69) is 20.8 Å². The van der Waals surface area contributed by atoms with Gasteiger partial charge in [0.1, 0.15) is 0 Å². The smallest absolute Gasteiger partial charge is 0.000698 e. The van der Waals surface area contributed by atoms with Crippen LogP contribution in [0.2, 0.25) is 0 Å². The van der Waals surface area contributed by atoms with Gasteiger partial charge in [0.15, 0.2) is 0 Å². The molecule has 0 aromatic heterocycles. The molecule has 64 valence electrons. The lowest BCUT2D eigenvalue weighted by Crippen LogP contribution is -1.83. The molecule has 0 nitrogen and oxygen atoms in total. The maximum atomic E-state index is 2.28. The molecular formula is C11H20. The second-order valence-corrected chi connectivity index (χ2v) is 3.77. The van der Waals surface area contributed by atoms with Crippen molar-refractivity contribution in [2.45, 2.75) is 52.9 Å².